The number of carbonyl (C=O) groups excluding carboxylic acids is 2. The first-order valence-corrected chi connectivity index (χ1v) is 8.14. The number of esters is 1. The molecule has 0 spiro atoms. The van der Waals surface area contributed by atoms with Gasteiger partial charge in [-0.3, -0.25) is 4.79 Å². The molecule has 6 aliphatic rings. The average Bonchev–Trinajstić information content (AvgIpc) is 2.95. The Morgan fingerprint density at radius 2 is 1.65 bits per heavy atom. The maximum absolute atomic E-state index is 13.2. The highest BCUT2D eigenvalue weighted by atomic mass is 16.6. The predicted octanol–water partition coefficient (Wildman–Crippen LogP) is 1.73. The Kier molecular flexibility index (Phi) is 2.07. The van der Waals surface area contributed by atoms with Crippen LogP contribution in [0.3, 0.4) is 0 Å². The average molecular weight is 275 g/mol. The number of ether oxygens (including phenoxy) is 1. The lowest BCUT2D eigenvalue weighted by molar-refractivity contribution is -0.169. The first-order valence-electron chi connectivity index (χ1n) is 8.14. The second kappa shape index (κ2) is 3.58. The molecule has 0 N–H and O–H groups in total. The molecule has 0 aromatic rings. The number of carbonyl (C=O) groups is 2. The molecule has 4 aliphatic carbocycles. The second-order valence-electron chi connectivity index (χ2n) is 7.97. The van der Waals surface area contributed by atoms with E-state index in [9.17, 15) is 9.59 Å². The highest BCUT2D eigenvalue weighted by Crippen LogP contribution is 2.61. The van der Waals surface area contributed by atoms with Crippen molar-refractivity contribution in [3.05, 3.63) is 0 Å². The highest BCUT2D eigenvalue weighted by Gasteiger charge is 2.59. The summed E-state index contributed by atoms with van der Waals surface area (Å²) in [6.45, 7) is 0.650. The number of amides is 1. The van der Waals surface area contributed by atoms with Gasteiger partial charge in [0.2, 0.25) is 5.91 Å². The summed E-state index contributed by atoms with van der Waals surface area (Å²) in [5.41, 5.74) is -0.112. The lowest BCUT2D eigenvalue weighted by Crippen LogP contribution is -2.57. The van der Waals surface area contributed by atoms with Gasteiger partial charge >= 0.3 is 5.97 Å². The molecular weight excluding hydrogens is 254 g/mol. The van der Waals surface area contributed by atoms with E-state index in [1.165, 1.54) is 19.3 Å². The van der Waals surface area contributed by atoms with Gasteiger partial charge in [0.1, 0.15) is 12.1 Å². The van der Waals surface area contributed by atoms with E-state index in [0.29, 0.717) is 12.5 Å². The normalized spacial score (nSPS) is 51.7. The summed E-state index contributed by atoms with van der Waals surface area (Å²) in [5, 5.41) is 0. The minimum absolute atomic E-state index is 0.0228. The summed E-state index contributed by atoms with van der Waals surface area (Å²) in [4.78, 5) is 26.8. The summed E-state index contributed by atoms with van der Waals surface area (Å²) in [7, 11) is 0. The van der Waals surface area contributed by atoms with Crippen LogP contribution in [0.2, 0.25) is 0 Å². The van der Waals surface area contributed by atoms with Crippen molar-refractivity contribution in [3.8, 4) is 0 Å². The van der Waals surface area contributed by atoms with E-state index in [1.807, 2.05) is 4.90 Å². The van der Waals surface area contributed by atoms with E-state index < -0.39 is 0 Å². The summed E-state index contributed by atoms with van der Waals surface area (Å²) >= 11 is 0. The zero-order valence-electron chi connectivity index (χ0n) is 11.7. The summed E-state index contributed by atoms with van der Waals surface area (Å²) in [6.07, 6.45) is 8.01. The Hall–Kier alpha value is -1.06. The fourth-order valence-corrected chi connectivity index (χ4v) is 6.25. The molecule has 0 unspecified atom stereocenters. The third-order valence-electron chi connectivity index (χ3n) is 6.57. The van der Waals surface area contributed by atoms with E-state index in [-0.39, 0.29) is 23.5 Å². The molecule has 2 saturated heterocycles. The zero-order chi connectivity index (χ0) is 13.5. The van der Waals surface area contributed by atoms with Gasteiger partial charge in [-0.15, -0.1) is 0 Å². The first-order chi connectivity index (χ1) is 9.63. The Balaban J connectivity index is 1.45. The molecule has 1 amide bonds. The van der Waals surface area contributed by atoms with Crippen LogP contribution in [-0.2, 0) is 14.3 Å². The topological polar surface area (TPSA) is 46.6 Å². The van der Waals surface area contributed by atoms with Gasteiger partial charge in [-0.2, -0.15) is 0 Å². The second-order valence-corrected chi connectivity index (χ2v) is 7.97. The standard InChI is InChI=1S/C16H21NO3/c18-14-13-4-12(20-14)8-17(13)15(19)16-5-9-1-10(6-16)3-11(2-9)7-16/h9-13H,1-8H2/t9?,10?,11?,12-,13+,16?/m0/s1. The SMILES string of the molecule is O=C1O[C@H]2C[C@H]1N(C(=O)C13CC4CC(CC(C4)C1)C3)C2. The number of hydrogen-bond acceptors (Lipinski definition) is 3. The van der Waals surface area contributed by atoms with Gasteiger partial charge in [0, 0.05) is 6.42 Å². The van der Waals surface area contributed by atoms with Crippen LogP contribution in [0, 0.1) is 23.2 Å². The van der Waals surface area contributed by atoms with Gasteiger partial charge in [0.25, 0.3) is 0 Å². The maximum atomic E-state index is 13.2. The van der Waals surface area contributed by atoms with Crippen molar-refractivity contribution in [1.82, 2.24) is 4.90 Å². The monoisotopic (exact) mass is 275 g/mol. The molecular formula is C16H21NO3. The molecule has 6 bridgehead atoms. The van der Waals surface area contributed by atoms with Crippen LogP contribution in [0.15, 0.2) is 0 Å². The van der Waals surface area contributed by atoms with Crippen LogP contribution >= 0.6 is 0 Å². The lowest BCUT2D eigenvalue weighted by Gasteiger charge is -2.56. The van der Waals surface area contributed by atoms with Gasteiger partial charge in [-0.05, 0) is 56.3 Å². The van der Waals surface area contributed by atoms with Gasteiger partial charge in [-0.1, -0.05) is 0 Å². The van der Waals surface area contributed by atoms with E-state index in [0.717, 1.165) is 43.4 Å². The summed E-state index contributed by atoms with van der Waals surface area (Å²) < 4.78 is 5.23. The Bertz CT molecular complexity index is 465. The van der Waals surface area contributed by atoms with E-state index in [2.05, 4.69) is 0 Å². The van der Waals surface area contributed by atoms with Gasteiger partial charge < -0.3 is 9.64 Å². The molecule has 0 radical (unpaired) electrons. The number of nitrogens with zero attached hydrogens (tertiary/aromatic N) is 1. The molecule has 0 aromatic heterocycles. The van der Waals surface area contributed by atoms with Gasteiger partial charge in [-0.25, -0.2) is 4.79 Å². The molecule has 6 fully saturated rings. The van der Waals surface area contributed by atoms with Crippen molar-refractivity contribution in [2.75, 3.05) is 6.54 Å². The van der Waals surface area contributed by atoms with Gasteiger partial charge in [0.15, 0.2) is 0 Å². The lowest BCUT2D eigenvalue weighted by atomic mass is 9.49. The van der Waals surface area contributed by atoms with E-state index in [4.69, 9.17) is 4.74 Å². The number of hydrogen-bond donors (Lipinski definition) is 0. The molecule has 4 saturated carbocycles. The largest absolute Gasteiger partial charge is 0.459 e. The summed E-state index contributed by atoms with van der Waals surface area (Å²) in [6, 6.07) is -0.263. The molecule has 4 heteroatoms. The van der Waals surface area contributed by atoms with Crippen molar-refractivity contribution < 1.29 is 14.3 Å². The van der Waals surface area contributed by atoms with E-state index >= 15 is 0 Å². The Morgan fingerprint density at radius 3 is 2.15 bits per heavy atom. The Morgan fingerprint density at radius 1 is 1.05 bits per heavy atom. The number of morpholine rings is 1. The third-order valence-corrected chi connectivity index (χ3v) is 6.57. The van der Waals surface area contributed by atoms with Crippen LogP contribution in [0.4, 0.5) is 0 Å². The zero-order valence-corrected chi connectivity index (χ0v) is 11.7. The molecule has 0 aromatic carbocycles. The molecule has 20 heavy (non-hydrogen) atoms. The van der Waals surface area contributed by atoms with Crippen LogP contribution < -0.4 is 0 Å². The van der Waals surface area contributed by atoms with Gasteiger partial charge in [0.05, 0.1) is 12.0 Å². The van der Waals surface area contributed by atoms with Crippen LogP contribution in [-0.4, -0.2) is 35.5 Å². The first kappa shape index (κ1) is 11.6. The quantitative estimate of drug-likeness (QED) is 0.685. The van der Waals surface area contributed by atoms with Crippen molar-refractivity contribution in [2.45, 2.75) is 57.1 Å². The number of likely N-dealkylation sites (tertiary alicyclic amines) is 1. The molecule has 6 rings (SSSR count). The third kappa shape index (κ3) is 1.38. The van der Waals surface area contributed by atoms with E-state index in [1.54, 1.807) is 0 Å². The predicted molar refractivity (Wildman–Crippen MR) is 70.6 cm³/mol. The fourth-order valence-electron chi connectivity index (χ4n) is 6.25. The molecule has 2 heterocycles. The minimum atomic E-state index is -0.263. The fraction of sp³-hybridized carbons (Fsp3) is 0.875. The smallest absolute Gasteiger partial charge is 0.329 e. The maximum Gasteiger partial charge on any atom is 0.329 e. The van der Waals surface area contributed by atoms with Crippen molar-refractivity contribution in [3.63, 3.8) is 0 Å². The number of rotatable bonds is 1. The molecule has 2 atom stereocenters. The number of fused-ring (bicyclic) bond motifs is 2. The van der Waals surface area contributed by atoms with Crippen molar-refractivity contribution in [2.24, 2.45) is 23.2 Å². The van der Waals surface area contributed by atoms with Crippen molar-refractivity contribution >= 4 is 11.9 Å². The molecule has 4 nitrogen and oxygen atoms in total. The summed E-state index contributed by atoms with van der Waals surface area (Å²) in [5.74, 6) is 2.45. The van der Waals surface area contributed by atoms with Crippen molar-refractivity contribution in [1.29, 1.82) is 0 Å². The molecule has 2 aliphatic heterocycles. The highest BCUT2D eigenvalue weighted by molar-refractivity contribution is 5.90. The van der Waals surface area contributed by atoms with Crippen LogP contribution in [0.25, 0.3) is 0 Å². The molecule has 108 valence electrons. The van der Waals surface area contributed by atoms with Crippen LogP contribution in [0.5, 0.6) is 0 Å². The minimum Gasteiger partial charge on any atom is -0.459 e. The van der Waals surface area contributed by atoms with Crippen LogP contribution in [0.1, 0.15) is 44.9 Å². The Labute approximate surface area is 118 Å².